The number of hydrogen-bond donors (Lipinski definition) is 1. The second-order valence-corrected chi connectivity index (χ2v) is 7.75. The van der Waals surface area contributed by atoms with Crippen LogP contribution < -0.4 is 5.32 Å². The Balaban J connectivity index is 1.81. The Kier molecular flexibility index (Phi) is 3.74. The number of hydrogen-bond acceptors (Lipinski definition) is 1. The molecule has 1 atom stereocenters. The van der Waals surface area contributed by atoms with Crippen LogP contribution >= 0.6 is 15.9 Å². The summed E-state index contributed by atoms with van der Waals surface area (Å²) in [7, 11) is 0. The average Bonchev–Trinajstić information content (AvgIpc) is 2.36. The normalized spacial score (nSPS) is 34.5. The van der Waals surface area contributed by atoms with Crippen molar-refractivity contribution in [2.24, 2.45) is 17.3 Å². The van der Waals surface area contributed by atoms with Gasteiger partial charge in [-0.15, -0.1) is 0 Å². The lowest BCUT2D eigenvalue weighted by Gasteiger charge is -2.56. The molecule has 0 bridgehead atoms. The largest absolute Gasteiger partial charge is 0.316 e. The van der Waals surface area contributed by atoms with Gasteiger partial charge in [0.1, 0.15) is 0 Å². The van der Waals surface area contributed by atoms with Crippen molar-refractivity contribution in [1.29, 1.82) is 0 Å². The van der Waals surface area contributed by atoms with Crippen LogP contribution in [0, 0.1) is 17.3 Å². The van der Waals surface area contributed by atoms with Gasteiger partial charge in [0.2, 0.25) is 0 Å². The predicted octanol–water partition coefficient (Wildman–Crippen LogP) is 4.58. The Morgan fingerprint density at radius 2 is 1.89 bits per heavy atom. The van der Waals surface area contributed by atoms with Gasteiger partial charge in [0.15, 0.2) is 0 Å². The van der Waals surface area contributed by atoms with Crippen molar-refractivity contribution in [1.82, 2.24) is 5.32 Å². The van der Waals surface area contributed by atoms with Crippen LogP contribution in [0.2, 0.25) is 0 Å². The molecule has 2 fully saturated rings. The molecule has 1 aliphatic carbocycles. The van der Waals surface area contributed by atoms with Gasteiger partial charge in [-0.1, -0.05) is 41.9 Å². The van der Waals surface area contributed by atoms with Gasteiger partial charge in [0.05, 0.1) is 0 Å². The first-order valence-electron chi connectivity index (χ1n) is 7.57. The van der Waals surface area contributed by atoms with Crippen LogP contribution in [0.4, 0.5) is 0 Å². The van der Waals surface area contributed by atoms with Crippen molar-refractivity contribution < 1.29 is 0 Å². The molecule has 1 aromatic rings. The minimum absolute atomic E-state index is 0.591. The van der Waals surface area contributed by atoms with Crippen molar-refractivity contribution in [2.75, 3.05) is 13.1 Å². The lowest BCUT2D eigenvalue weighted by Crippen LogP contribution is -2.51. The summed E-state index contributed by atoms with van der Waals surface area (Å²) in [5, 5.41) is 3.60. The molecule has 0 amide bonds. The van der Waals surface area contributed by atoms with Gasteiger partial charge in [-0.2, -0.15) is 0 Å². The minimum atomic E-state index is 0.591. The molecule has 1 aromatic carbocycles. The van der Waals surface area contributed by atoms with E-state index in [-0.39, 0.29) is 0 Å². The Labute approximate surface area is 125 Å². The molecule has 1 nitrogen and oxygen atoms in total. The zero-order chi connectivity index (χ0) is 13.5. The molecule has 1 unspecified atom stereocenters. The summed E-state index contributed by atoms with van der Waals surface area (Å²) >= 11 is 3.54. The Morgan fingerprint density at radius 1 is 1.21 bits per heavy atom. The van der Waals surface area contributed by atoms with Gasteiger partial charge in [-0.25, -0.2) is 0 Å². The standard InChI is InChI=1S/C17H24BrN/c1-12(2)14-9-17(10-14)7-8-19-11-16(17)13-3-5-15(18)6-4-13/h3-6,12,14,16,19H,7-11H2,1-2H3. The van der Waals surface area contributed by atoms with Crippen molar-refractivity contribution in [3.05, 3.63) is 34.3 Å². The first-order chi connectivity index (χ1) is 9.11. The molecule has 1 N–H and O–H groups in total. The fourth-order valence-corrected chi connectivity index (χ4v) is 4.35. The summed E-state index contributed by atoms with van der Waals surface area (Å²) in [5.74, 6) is 2.52. The molecule has 1 saturated heterocycles. The highest BCUT2D eigenvalue weighted by Gasteiger charge is 2.51. The number of piperidine rings is 1. The fourth-order valence-electron chi connectivity index (χ4n) is 4.09. The molecule has 19 heavy (non-hydrogen) atoms. The molecular formula is C17H24BrN. The van der Waals surface area contributed by atoms with Crippen LogP contribution in [0.25, 0.3) is 0 Å². The maximum atomic E-state index is 3.60. The highest BCUT2D eigenvalue weighted by molar-refractivity contribution is 9.10. The molecule has 2 heteroatoms. The van der Waals surface area contributed by atoms with E-state index in [9.17, 15) is 0 Å². The highest BCUT2D eigenvalue weighted by Crippen LogP contribution is 2.59. The van der Waals surface area contributed by atoms with Crippen LogP contribution in [0.15, 0.2) is 28.7 Å². The van der Waals surface area contributed by atoms with E-state index < -0.39 is 0 Å². The van der Waals surface area contributed by atoms with Crippen molar-refractivity contribution in [3.8, 4) is 0 Å². The second kappa shape index (κ2) is 5.21. The van der Waals surface area contributed by atoms with Gasteiger partial charge in [-0.05, 0) is 60.8 Å². The summed E-state index contributed by atoms with van der Waals surface area (Å²) < 4.78 is 1.18. The zero-order valence-corrected chi connectivity index (χ0v) is 13.5. The molecule has 1 spiro atoms. The molecule has 3 rings (SSSR count). The van der Waals surface area contributed by atoms with Crippen LogP contribution in [0.5, 0.6) is 0 Å². The van der Waals surface area contributed by atoms with Crippen LogP contribution in [0.3, 0.4) is 0 Å². The lowest BCUT2D eigenvalue weighted by atomic mass is 9.50. The van der Waals surface area contributed by atoms with Crippen LogP contribution in [-0.2, 0) is 0 Å². The quantitative estimate of drug-likeness (QED) is 0.840. The summed E-state index contributed by atoms with van der Waals surface area (Å²) in [6.45, 7) is 7.13. The molecule has 2 aliphatic rings. The van der Waals surface area contributed by atoms with E-state index in [4.69, 9.17) is 0 Å². The summed E-state index contributed by atoms with van der Waals surface area (Å²) in [4.78, 5) is 0. The third kappa shape index (κ3) is 2.50. The third-order valence-electron chi connectivity index (χ3n) is 5.44. The fraction of sp³-hybridized carbons (Fsp3) is 0.647. The van der Waals surface area contributed by atoms with Crippen molar-refractivity contribution in [2.45, 2.75) is 39.0 Å². The maximum Gasteiger partial charge on any atom is 0.0175 e. The van der Waals surface area contributed by atoms with Gasteiger partial charge >= 0.3 is 0 Å². The monoisotopic (exact) mass is 321 g/mol. The van der Waals surface area contributed by atoms with E-state index in [0.717, 1.165) is 18.4 Å². The van der Waals surface area contributed by atoms with Crippen molar-refractivity contribution >= 4 is 15.9 Å². The van der Waals surface area contributed by atoms with E-state index in [2.05, 4.69) is 59.4 Å². The summed E-state index contributed by atoms with van der Waals surface area (Å²) in [6.07, 6.45) is 4.23. The molecule has 1 saturated carbocycles. The Morgan fingerprint density at radius 3 is 2.53 bits per heavy atom. The maximum absolute atomic E-state index is 3.60. The Bertz CT molecular complexity index is 431. The third-order valence-corrected chi connectivity index (χ3v) is 5.97. The number of nitrogens with one attached hydrogen (secondary N) is 1. The highest BCUT2D eigenvalue weighted by atomic mass is 79.9. The molecule has 1 aliphatic heterocycles. The van der Waals surface area contributed by atoms with Crippen LogP contribution in [-0.4, -0.2) is 13.1 Å². The molecule has 0 aromatic heterocycles. The van der Waals surface area contributed by atoms with E-state index in [1.807, 2.05) is 0 Å². The molecule has 1 heterocycles. The van der Waals surface area contributed by atoms with E-state index in [1.165, 1.54) is 35.8 Å². The molecule has 104 valence electrons. The van der Waals surface area contributed by atoms with Crippen molar-refractivity contribution in [3.63, 3.8) is 0 Å². The zero-order valence-electron chi connectivity index (χ0n) is 12.0. The number of halogens is 1. The summed E-state index contributed by atoms with van der Waals surface area (Å²) in [5.41, 5.74) is 2.12. The van der Waals surface area contributed by atoms with Gasteiger partial charge in [0.25, 0.3) is 0 Å². The SMILES string of the molecule is CC(C)C1CC2(CCNCC2c2ccc(Br)cc2)C1. The second-order valence-electron chi connectivity index (χ2n) is 6.83. The average molecular weight is 322 g/mol. The molecular weight excluding hydrogens is 298 g/mol. The number of benzene rings is 1. The van der Waals surface area contributed by atoms with Gasteiger partial charge in [0, 0.05) is 16.9 Å². The molecule has 0 radical (unpaired) electrons. The summed E-state index contributed by atoms with van der Waals surface area (Å²) in [6, 6.07) is 9.00. The van der Waals surface area contributed by atoms with Gasteiger partial charge < -0.3 is 5.32 Å². The van der Waals surface area contributed by atoms with Gasteiger partial charge in [-0.3, -0.25) is 0 Å². The number of rotatable bonds is 2. The topological polar surface area (TPSA) is 12.0 Å². The Hall–Kier alpha value is -0.340. The minimum Gasteiger partial charge on any atom is -0.316 e. The predicted molar refractivity (Wildman–Crippen MR) is 84.4 cm³/mol. The van der Waals surface area contributed by atoms with E-state index >= 15 is 0 Å². The first-order valence-corrected chi connectivity index (χ1v) is 8.36. The van der Waals surface area contributed by atoms with E-state index in [1.54, 1.807) is 0 Å². The first kappa shape index (κ1) is 13.6. The lowest BCUT2D eigenvalue weighted by molar-refractivity contribution is -0.0214. The smallest absolute Gasteiger partial charge is 0.0175 e. The van der Waals surface area contributed by atoms with Crippen LogP contribution in [0.1, 0.15) is 44.6 Å². The van der Waals surface area contributed by atoms with E-state index in [0.29, 0.717) is 11.3 Å².